The van der Waals surface area contributed by atoms with E-state index in [0.717, 1.165) is 18.9 Å². The Bertz CT molecular complexity index is 136. The Labute approximate surface area is 95.5 Å². The number of aliphatic hydroxyl groups is 1. The zero-order valence-electron chi connectivity index (χ0n) is 10.9. The van der Waals surface area contributed by atoms with Crippen molar-refractivity contribution in [1.29, 1.82) is 0 Å². The number of aliphatic hydroxyl groups excluding tert-OH is 1. The highest BCUT2D eigenvalue weighted by atomic mass is 16.3. The van der Waals surface area contributed by atoms with Gasteiger partial charge < -0.3 is 10.4 Å². The van der Waals surface area contributed by atoms with Gasteiger partial charge in [0, 0.05) is 6.04 Å². The van der Waals surface area contributed by atoms with Gasteiger partial charge in [-0.2, -0.15) is 0 Å². The lowest BCUT2D eigenvalue weighted by atomic mass is 9.99. The summed E-state index contributed by atoms with van der Waals surface area (Å²) in [6.45, 7) is 9.62. The van der Waals surface area contributed by atoms with Crippen LogP contribution in [0, 0.1) is 5.92 Å². The third-order valence-electron chi connectivity index (χ3n) is 2.99. The molecule has 15 heavy (non-hydrogen) atoms. The molecule has 0 bridgehead atoms. The van der Waals surface area contributed by atoms with E-state index in [2.05, 4.69) is 26.1 Å². The van der Waals surface area contributed by atoms with Gasteiger partial charge in [0.2, 0.25) is 0 Å². The van der Waals surface area contributed by atoms with E-state index in [9.17, 15) is 5.11 Å². The molecule has 0 aliphatic carbocycles. The lowest BCUT2D eigenvalue weighted by molar-refractivity contribution is 0.169. The minimum absolute atomic E-state index is 0.191. The molecule has 2 heteroatoms. The van der Waals surface area contributed by atoms with Gasteiger partial charge in [-0.15, -0.1) is 0 Å². The first-order valence-corrected chi connectivity index (χ1v) is 6.51. The summed E-state index contributed by atoms with van der Waals surface area (Å²) in [4.78, 5) is 0. The van der Waals surface area contributed by atoms with E-state index >= 15 is 0 Å². The molecule has 0 aromatic carbocycles. The van der Waals surface area contributed by atoms with E-state index in [0.29, 0.717) is 6.04 Å². The molecule has 0 radical (unpaired) electrons. The lowest BCUT2D eigenvalue weighted by Crippen LogP contribution is -2.33. The normalized spacial score (nSPS) is 17.4. The summed E-state index contributed by atoms with van der Waals surface area (Å²) in [7, 11) is 0. The second kappa shape index (κ2) is 9.17. The largest absolute Gasteiger partial charge is 0.393 e. The molecule has 0 rings (SSSR count). The predicted octanol–water partition coefficient (Wildman–Crippen LogP) is 2.95. The van der Waals surface area contributed by atoms with Gasteiger partial charge in [0.15, 0.2) is 0 Å². The van der Waals surface area contributed by atoms with Crippen molar-refractivity contribution in [2.24, 2.45) is 5.92 Å². The van der Waals surface area contributed by atoms with Crippen molar-refractivity contribution in [1.82, 2.24) is 5.32 Å². The van der Waals surface area contributed by atoms with Crippen molar-refractivity contribution in [3.63, 3.8) is 0 Å². The molecule has 0 spiro atoms. The summed E-state index contributed by atoms with van der Waals surface area (Å²) in [5.74, 6) is 0.807. The van der Waals surface area contributed by atoms with Gasteiger partial charge in [-0.1, -0.05) is 33.1 Å². The van der Waals surface area contributed by atoms with Crippen molar-refractivity contribution in [3.8, 4) is 0 Å². The molecule has 0 aliphatic heterocycles. The van der Waals surface area contributed by atoms with Crippen molar-refractivity contribution in [2.45, 2.75) is 71.9 Å². The predicted molar refractivity (Wildman–Crippen MR) is 67.1 cm³/mol. The summed E-state index contributed by atoms with van der Waals surface area (Å²) in [6, 6.07) is 0.431. The molecule has 3 unspecified atom stereocenters. The van der Waals surface area contributed by atoms with Gasteiger partial charge in [-0.3, -0.25) is 0 Å². The Kier molecular flexibility index (Phi) is 9.12. The van der Waals surface area contributed by atoms with Crippen LogP contribution in [0.3, 0.4) is 0 Å². The highest BCUT2D eigenvalue weighted by molar-refractivity contribution is 4.67. The van der Waals surface area contributed by atoms with Crippen LogP contribution in [-0.2, 0) is 0 Å². The molecule has 2 nitrogen and oxygen atoms in total. The van der Waals surface area contributed by atoms with Gasteiger partial charge >= 0.3 is 0 Å². The molecule has 0 aromatic heterocycles. The lowest BCUT2D eigenvalue weighted by Gasteiger charge is -2.20. The van der Waals surface area contributed by atoms with Gasteiger partial charge in [0.1, 0.15) is 0 Å². The third kappa shape index (κ3) is 8.88. The first kappa shape index (κ1) is 14.9. The summed E-state index contributed by atoms with van der Waals surface area (Å²) in [6.07, 6.45) is 5.88. The van der Waals surface area contributed by atoms with E-state index in [1.54, 1.807) is 0 Å². The molecular weight excluding hydrogens is 186 g/mol. The maximum absolute atomic E-state index is 9.25. The van der Waals surface area contributed by atoms with Crippen LogP contribution in [0.5, 0.6) is 0 Å². The Morgan fingerprint density at radius 1 is 1.20 bits per heavy atom. The summed E-state index contributed by atoms with van der Waals surface area (Å²) >= 11 is 0. The molecule has 2 N–H and O–H groups in total. The molecular formula is C13H29NO. The van der Waals surface area contributed by atoms with Crippen LogP contribution < -0.4 is 5.32 Å². The quantitative estimate of drug-likeness (QED) is 0.620. The highest BCUT2D eigenvalue weighted by Gasteiger charge is 2.09. The number of nitrogens with one attached hydrogen (secondary N) is 1. The van der Waals surface area contributed by atoms with Crippen LogP contribution >= 0.6 is 0 Å². The van der Waals surface area contributed by atoms with Gasteiger partial charge in [0.05, 0.1) is 6.10 Å². The molecule has 92 valence electrons. The summed E-state index contributed by atoms with van der Waals surface area (Å²) in [5.41, 5.74) is 0. The molecule has 0 amide bonds. The topological polar surface area (TPSA) is 32.3 Å². The number of hydrogen-bond acceptors (Lipinski definition) is 2. The van der Waals surface area contributed by atoms with E-state index in [1.165, 1.54) is 25.7 Å². The molecule has 0 heterocycles. The standard InChI is InChI=1S/C13H29NO/c1-5-7-8-13(6-2)10-14-11(3)9-12(4)15/h11-15H,5-10H2,1-4H3. The zero-order valence-corrected chi connectivity index (χ0v) is 10.9. The maximum Gasteiger partial charge on any atom is 0.0526 e. The van der Waals surface area contributed by atoms with Crippen molar-refractivity contribution >= 4 is 0 Å². The van der Waals surface area contributed by atoms with Crippen LogP contribution in [-0.4, -0.2) is 23.8 Å². The van der Waals surface area contributed by atoms with Crippen LogP contribution in [0.1, 0.15) is 59.8 Å². The molecule has 3 atom stereocenters. The van der Waals surface area contributed by atoms with E-state index in [1.807, 2.05) is 6.92 Å². The molecule has 0 saturated heterocycles. The Balaban J connectivity index is 3.60. The second-order valence-corrected chi connectivity index (χ2v) is 4.81. The maximum atomic E-state index is 9.25. The second-order valence-electron chi connectivity index (χ2n) is 4.81. The van der Waals surface area contributed by atoms with E-state index in [-0.39, 0.29) is 6.10 Å². The summed E-state index contributed by atoms with van der Waals surface area (Å²) < 4.78 is 0. The van der Waals surface area contributed by atoms with E-state index < -0.39 is 0 Å². The highest BCUT2D eigenvalue weighted by Crippen LogP contribution is 2.11. The molecule has 0 saturated carbocycles. The zero-order chi connectivity index (χ0) is 11.7. The number of unbranched alkanes of at least 4 members (excludes halogenated alkanes) is 1. The van der Waals surface area contributed by atoms with E-state index in [4.69, 9.17) is 0 Å². The molecule has 0 aromatic rings. The third-order valence-corrected chi connectivity index (χ3v) is 2.99. The fraction of sp³-hybridized carbons (Fsp3) is 1.00. The van der Waals surface area contributed by atoms with Crippen LogP contribution in [0.4, 0.5) is 0 Å². The number of hydrogen-bond donors (Lipinski definition) is 2. The van der Waals surface area contributed by atoms with Crippen molar-refractivity contribution < 1.29 is 5.11 Å². The Morgan fingerprint density at radius 2 is 1.87 bits per heavy atom. The van der Waals surface area contributed by atoms with Gasteiger partial charge in [0.25, 0.3) is 0 Å². The minimum atomic E-state index is -0.191. The molecule has 0 aliphatic rings. The Hall–Kier alpha value is -0.0800. The average molecular weight is 215 g/mol. The van der Waals surface area contributed by atoms with Gasteiger partial charge in [-0.05, 0) is 39.2 Å². The van der Waals surface area contributed by atoms with Crippen molar-refractivity contribution in [2.75, 3.05) is 6.54 Å². The number of rotatable bonds is 9. The van der Waals surface area contributed by atoms with Crippen LogP contribution in [0.15, 0.2) is 0 Å². The fourth-order valence-electron chi connectivity index (χ4n) is 1.91. The first-order chi connectivity index (χ1) is 7.10. The fourth-order valence-corrected chi connectivity index (χ4v) is 1.91. The molecule has 0 fully saturated rings. The van der Waals surface area contributed by atoms with Crippen LogP contribution in [0.2, 0.25) is 0 Å². The SMILES string of the molecule is CCCCC(CC)CNC(C)CC(C)O. The van der Waals surface area contributed by atoms with Crippen molar-refractivity contribution in [3.05, 3.63) is 0 Å². The smallest absolute Gasteiger partial charge is 0.0526 e. The Morgan fingerprint density at radius 3 is 2.33 bits per heavy atom. The van der Waals surface area contributed by atoms with Gasteiger partial charge in [-0.25, -0.2) is 0 Å². The summed E-state index contributed by atoms with van der Waals surface area (Å²) in [5, 5.41) is 12.8. The average Bonchev–Trinajstić information content (AvgIpc) is 2.17. The van der Waals surface area contributed by atoms with Crippen LogP contribution in [0.25, 0.3) is 0 Å². The monoisotopic (exact) mass is 215 g/mol. The first-order valence-electron chi connectivity index (χ1n) is 6.51. The minimum Gasteiger partial charge on any atom is -0.393 e.